The van der Waals surface area contributed by atoms with Gasteiger partial charge in [0, 0.05) is 24.2 Å². The van der Waals surface area contributed by atoms with Crippen LogP contribution in [-0.4, -0.2) is 12.5 Å². The van der Waals surface area contributed by atoms with Gasteiger partial charge in [-0.15, -0.1) is 12.4 Å². The molecule has 0 bridgehead atoms. The second-order valence-electron chi connectivity index (χ2n) is 5.25. The number of para-hydroxylation sites is 1. The summed E-state index contributed by atoms with van der Waals surface area (Å²) in [5.41, 5.74) is 7.51. The molecule has 3 N–H and O–H groups in total. The van der Waals surface area contributed by atoms with Crippen LogP contribution in [0.5, 0.6) is 5.75 Å². The van der Waals surface area contributed by atoms with Crippen molar-refractivity contribution in [3.05, 3.63) is 65.0 Å². The normalized spacial score (nSPS) is 15.3. The SMILES string of the molecule is Cl.NCc1ccc(CNC(=O)C2COc3ccccc32)c(F)c1. The molecule has 0 radical (unpaired) electrons. The number of carbonyl (C=O) groups is 1. The molecule has 23 heavy (non-hydrogen) atoms. The first-order chi connectivity index (χ1) is 10.7. The maximum absolute atomic E-state index is 13.9. The molecule has 122 valence electrons. The molecule has 1 heterocycles. The van der Waals surface area contributed by atoms with Crippen LogP contribution >= 0.6 is 12.4 Å². The molecule has 1 aliphatic heterocycles. The zero-order valence-electron chi connectivity index (χ0n) is 12.4. The van der Waals surface area contributed by atoms with E-state index in [0.717, 1.165) is 16.9 Å². The summed E-state index contributed by atoms with van der Waals surface area (Å²) in [5.74, 6) is -0.123. The van der Waals surface area contributed by atoms with Gasteiger partial charge in [-0.2, -0.15) is 0 Å². The Morgan fingerprint density at radius 1 is 1.30 bits per heavy atom. The highest BCUT2D eigenvalue weighted by Gasteiger charge is 2.29. The summed E-state index contributed by atoms with van der Waals surface area (Å²) in [6, 6.07) is 12.3. The van der Waals surface area contributed by atoms with Crippen LogP contribution in [-0.2, 0) is 17.9 Å². The second kappa shape index (κ2) is 7.44. The number of nitrogens with one attached hydrogen (secondary N) is 1. The van der Waals surface area contributed by atoms with Gasteiger partial charge >= 0.3 is 0 Å². The number of hydrogen-bond acceptors (Lipinski definition) is 3. The Balaban J connectivity index is 0.00000192. The van der Waals surface area contributed by atoms with Gasteiger partial charge in [0.15, 0.2) is 0 Å². The van der Waals surface area contributed by atoms with Crippen molar-refractivity contribution < 1.29 is 13.9 Å². The molecule has 1 amide bonds. The standard InChI is InChI=1S/C17H17FN2O2.ClH/c18-15-7-11(8-19)5-6-12(15)9-20-17(21)14-10-22-16-4-2-1-3-13(14)16;/h1-7,14H,8-10,19H2,(H,20,21);1H. The molecule has 2 aromatic rings. The fourth-order valence-corrected chi connectivity index (χ4v) is 2.55. The fraction of sp³-hybridized carbons (Fsp3) is 0.235. The van der Waals surface area contributed by atoms with Crippen molar-refractivity contribution in [2.45, 2.75) is 19.0 Å². The highest BCUT2D eigenvalue weighted by atomic mass is 35.5. The number of hydrogen-bond donors (Lipinski definition) is 2. The van der Waals surface area contributed by atoms with Crippen molar-refractivity contribution in [3.63, 3.8) is 0 Å². The quantitative estimate of drug-likeness (QED) is 0.901. The number of nitrogens with two attached hydrogens (primary N) is 1. The Kier molecular flexibility index (Phi) is 5.58. The number of halogens is 2. The van der Waals surface area contributed by atoms with Crippen LogP contribution in [0.3, 0.4) is 0 Å². The van der Waals surface area contributed by atoms with E-state index in [2.05, 4.69) is 5.32 Å². The maximum atomic E-state index is 13.9. The molecule has 0 saturated heterocycles. The molecule has 4 nitrogen and oxygen atoms in total. The van der Waals surface area contributed by atoms with Crippen molar-refractivity contribution in [1.29, 1.82) is 0 Å². The Morgan fingerprint density at radius 3 is 2.83 bits per heavy atom. The number of ether oxygens (including phenoxy) is 1. The average molecular weight is 337 g/mol. The van der Waals surface area contributed by atoms with Crippen molar-refractivity contribution in [3.8, 4) is 5.75 Å². The lowest BCUT2D eigenvalue weighted by molar-refractivity contribution is -0.122. The van der Waals surface area contributed by atoms with Gasteiger partial charge in [-0.25, -0.2) is 4.39 Å². The first-order valence-corrected chi connectivity index (χ1v) is 7.16. The number of benzene rings is 2. The highest BCUT2D eigenvalue weighted by Crippen LogP contribution is 2.33. The minimum Gasteiger partial charge on any atom is -0.492 e. The predicted molar refractivity (Wildman–Crippen MR) is 88.1 cm³/mol. The van der Waals surface area contributed by atoms with E-state index in [1.165, 1.54) is 6.07 Å². The summed E-state index contributed by atoms with van der Waals surface area (Å²) in [6.07, 6.45) is 0. The molecule has 1 aliphatic rings. The third-order valence-electron chi connectivity index (χ3n) is 3.82. The van der Waals surface area contributed by atoms with Crippen molar-refractivity contribution >= 4 is 18.3 Å². The monoisotopic (exact) mass is 336 g/mol. The van der Waals surface area contributed by atoms with E-state index >= 15 is 0 Å². The summed E-state index contributed by atoms with van der Waals surface area (Å²) < 4.78 is 19.4. The van der Waals surface area contributed by atoms with Crippen LogP contribution in [0.4, 0.5) is 4.39 Å². The van der Waals surface area contributed by atoms with E-state index < -0.39 is 0 Å². The molecule has 3 rings (SSSR count). The van der Waals surface area contributed by atoms with Gasteiger partial charge in [-0.1, -0.05) is 30.3 Å². The number of rotatable bonds is 4. The molecule has 1 atom stereocenters. The van der Waals surface area contributed by atoms with E-state index in [4.69, 9.17) is 10.5 Å². The minimum absolute atomic E-state index is 0. The first-order valence-electron chi connectivity index (χ1n) is 7.16. The average Bonchev–Trinajstić information content (AvgIpc) is 2.97. The van der Waals surface area contributed by atoms with Crippen LogP contribution in [0.1, 0.15) is 22.6 Å². The lowest BCUT2D eigenvalue weighted by Gasteiger charge is -2.11. The van der Waals surface area contributed by atoms with Gasteiger partial charge < -0.3 is 15.8 Å². The number of amides is 1. The molecular formula is C17H18ClFN2O2. The topological polar surface area (TPSA) is 64.3 Å². The summed E-state index contributed by atoms with van der Waals surface area (Å²) in [4.78, 5) is 12.3. The molecular weight excluding hydrogens is 319 g/mol. The van der Waals surface area contributed by atoms with Crippen LogP contribution < -0.4 is 15.8 Å². The van der Waals surface area contributed by atoms with E-state index in [9.17, 15) is 9.18 Å². The third kappa shape index (κ3) is 3.63. The zero-order valence-corrected chi connectivity index (χ0v) is 13.2. The lowest BCUT2D eigenvalue weighted by atomic mass is 10.0. The first kappa shape index (κ1) is 17.2. The van der Waals surface area contributed by atoms with Gasteiger partial charge in [-0.3, -0.25) is 4.79 Å². The van der Waals surface area contributed by atoms with Gasteiger partial charge in [0.1, 0.15) is 24.1 Å². The second-order valence-corrected chi connectivity index (χ2v) is 5.25. The van der Waals surface area contributed by atoms with Gasteiger partial charge in [0.25, 0.3) is 0 Å². The summed E-state index contributed by atoms with van der Waals surface area (Å²) >= 11 is 0. The Morgan fingerprint density at radius 2 is 2.09 bits per heavy atom. The summed E-state index contributed by atoms with van der Waals surface area (Å²) in [7, 11) is 0. The molecule has 1 unspecified atom stereocenters. The molecule has 0 aromatic heterocycles. The Bertz CT molecular complexity index is 709. The third-order valence-corrected chi connectivity index (χ3v) is 3.82. The predicted octanol–water partition coefficient (Wildman–Crippen LogP) is 2.50. The Labute approximate surface area is 140 Å². The molecule has 0 spiro atoms. The molecule has 0 aliphatic carbocycles. The van der Waals surface area contributed by atoms with E-state index in [-0.39, 0.29) is 36.6 Å². The zero-order chi connectivity index (χ0) is 15.5. The number of fused-ring (bicyclic) bond motifs is 1. The molecule has 0 fully saturated rings. The molecule has 0 saturated carbocycles. The molecule has 2 aromatic carbocycles. The van der Waals surface area contributed by atoms with E-state index in [1.807, 2.05) is 24.3 Å². The van der Waals surface area contributed by atoms with Gasteiger partial charge in [0.2, 0.25) is 5.91 Å². The smallest absolute Gasteiger partial charge is 0.231 e. The maximum Gasteiger partial charge on any atom is 0.231 e. The largest absolute Gasteiger partial charge is 0.492 e. The Hall–Kier alpha value is -2.11. The van der Waals surface area contributed by atoms with Crippen LogP contribution in [0.15, 0.2) is 42.5 Å². The van der Waals surface area contributed by atoms with Crippen molar-refractivity contribution in [2.24, 2.45) is 5.73 Å². The highest BCUT2D eigenvalue weighted by molar-refractivity contribution is 5.85. The van der Waals surface area contributed by atoms with E-state index in [1.54, 1.807) is 12.1 Å². The van der Waals surface area contributed by atoms with Crippen LogP contribution in [0.25, 0.3) is 0 Å². The minimum atomic E-state index is -0.355. The van der Waals surface area contributed by atoms with Crippen LogP contribution in [0.2, 0.25) is 0 Å². The van der Waals surface area contributed by atoms with Crippen LogP contribution in [0, 0.1) is 5.82 Å². The summed E-state index contributed by atoms with van der Waals surface area (Å²) in [6.45, 7) is 0.758. The van der Waals surface area contributed by atoms with E-state index in [0.29, 0.717) is 18.7 Å². The number of carbonyl (C=O) groups excluding carboxylic acids is 1. The van der Waals surface area contributed by atoms with Crippen molar-refractivity contribution in [1.82, 2.24) is 5.32 Å². The fourth-order valence-electron chi connectivity index (χ4n) is 2.55. The van der Waals surface area contributed by atoms with Gasteiger partial charge in [-0.05, 0) is 17.7 Å². The summed E-state index contributed by atoms with van der Waals surface area (Å²) in [5, 5.41) is 2.77. The lowest BCUT2D eigenvalue weighted by Crippen LogP contribution is -2.30. The van der Waals surface area contributed by atoms with Crippen molar-refractivity contribution in [2.75, 3.05) is 6.61 Å². The molecule has 6 heteroatoms. The van der Waals surface area contributed by atoms with Gasteiger partial charge in [0.05, 0.1) is 0 Å².